The van der Waals surface area contributed by atoms with Crippen LogP contribution < -0.4 is 10.6 Å². The van der Waals surface area contributed by atoms with Crippen molar-refractivity contribution < 1.29 is 37.8 Å². The van der Waals surface area contributed by atoms with Crippen molar-refractivity contribution in [2.45, 2.75) is 101 Å². The lowest BCUT2D eigenvalue weighted by atomic mass is 9.94. The van der Waals surface area contributed by atoms with Gasteiger partial charge in [-0.05, 0) is 113 Å². The van der Waals surface area contributed by atoms with Crippen LogP contribution >= 0.6 is 0 Å². The molecular weight excluding hydrogens is 607 g/mol. The lowest BCUT2D eigenvalue weighted by Gasteiger charge is -2.31. The molecule has 2 heterocycles. The predicted octanol–water partition coefficient (Wildman–Crippen LogP) is 4.70. The Morgan fingerprint density at radius 1 is 0.979 bits per heavy atom. The molecule has 2 aromatic carbocycles. The van der Waals surface area contributed by atoms with E-state index in [0.29, 0.717) is 55.8 Å². The van der Waals surface area contributed by atoms with E-state index in [4.69, 9.17) is 9.47 Å². The number of imide groups is 1. The topological polar surface area (TPSA) is 134 Å². The maximum absolute atomic E-state index is 14.0. The van der Waals surface area contributed by atoms with Crippen molar-refractivity contribution in [3.05, 3.63) is 64.5 Å². The highest BCUT2D eigenvalue weighted by atomic mass is 19.1. The van der Waals surface area contributed by atoms with Crippen LogP contribution in [0.2, 0.25) is 0 Å². The normalized spacial score (nSPS) is 24.3. The van der Waals surface area contributed by atoms with Crippen LogP contribution in [0.15, 0.2) is 36.4 Å². The van der Waals surface area contributed by atoms with Gasteiger partial charge in [0.1, 0.15) is 23.5 Å². The number of benzene rings is 2. The first-order valence-corrected chi connectivity index (χ1v) is 16.3. The number of carbonyl (C=O) groups is 5. The highest BCUT2D eigenvalue weighted by Gasteiger charge is 2.59. The lowest BCUT2D eigenvalue weighted by molar-refractivity contribution is -0.143. The number of carbonyl (C=O) groups excluding carboxylic acids is 5. The Balaban J connectivity index is 1.04. The average Bonchev–Trinajstić information content (AvgIpc) is 3.92. The summed E-state index contributed by atoms with van der Waals surface area (Å²) in [6.45, 7) is 5.10. The van der Waals surface area contributed by atoms with E-state index in [2.05, 4.69) is 10.6 Å². The number of amides is 5. The number of alkyl carbamates (subject to hydrolysis) is 1. The Bertz CT molecular complexity index is 1690. The minimum atomic E-state index is -1.54. The third-order valence-electron chi connectivity index (χ3n) is 9.94. The molecule has 2 N–H and O–H groups in total. The summed E-state index contributed by atoms with van der Waals surface area (Å²) < 4.78 is 25.0. The molecule has 0 radical (unpaired) electrons. The quantitative estimate of drug-likeness (QED) is 0.465. The summed E-state index contributed by atoms with van der Waals surface area (Å²) >= 11 is 0. The number of rotatable bonds is 6. The summed E-state index contributed by atoms with van der Waals surface area (Å²) in [6, 6.07) is 9.64. The summed E-state index contributed by atoms with van der Waals surface area (Å²) in [4.78, 5) is 69.0. The first-order valence-electron chi connectivity index (χ1n) is 16.3. The Labute approximate surface area is 272 Å². The van der Waals surface area contributed by atoms with Crippen LogP contribution in [0, 0.1) is 11.7 Å². The van der Waals surface area contributed by atoms with E-state index >= 15 is 0 Å². The first-order chi connectivity index (χ1) is 22.3. The number of fused-ring (bicyclic) bond motifs is 3. The first kappa shape index (κ1) is 31.1. The third kappa shape index (κ3) is 5.82. The van der Waals surface area contributed by atoms with Gasteiger partial charge in [-0.25, -0.2) is 18.9 Å². The van der Waals surface area contributed by atoms with E-state index in [1.54, 1.807) is 49.9 Å². The van der Waals surface area contributed by atoms with Gasteiger partial charge < -0.3 is 25.0 Å². The van der Waals surface area contributed by atoms with Crippen LogP contribution in [0.5, 0.6) is 0 Å². The fourth-order valence-electron chi connectivity index (χ4n) is 7.23. The predicted molar refractivity (Wildman–Crippen MR) is 166 cm³/mol. The van der Waals surface area contributed by atoms with E-state index in [1.807, 2.05) is 0 Å². The van der Waals surface area contributed by atoms with Gasteiger partial charge in [-0.2, -0.15) is 0 Å². The van der Waals surface area contributed by atoms with E-state index < -0.39 is 41.4 Å². The minimum absolute atomic E-state index is 0.0457. The van der Waals surface area contributed by atoms with Gasteiger partial charge >= 0.3 is 12.2 Å². The number of ether oxygens (including phenoxy) is 2. The molecule has 1 unspecified atom stereocenters. The Morgan fingerprint density at radius 3 is 2.45 bits per heavy atom. The fraction of sp³-hybridized carbons (Fsp3) is 0.514. The molecule has 0 aromatic heterocycles. The Kier molecular flexibility index (Phi) is 7.32. The molecule has 2 atom stereocenters. The zero-order valence-corrected chi connectivity index (χ0v) is 26.8. The zero-order chi connectivity index (χ0) is 33.3. The molecule has 5 amide bonds. The second-order valence-electron chi connectivity index (χ2n) is 14.5. The van der Waals surface area contributed by atoms with Crippen molar-refractivity contribution in [1.29, 1.82) is 0 Å². The largest absolute Gasteiger partial charge is 0.444 e. The smallest absolute Gasteiger partial charge is 0.418 e. The van der Waals surface area contributed by atoms with Gasteiger partial charge in [-0.1, -0.05) is 12.1 Å². The molecule has 2 aliphatic heterocycles. The molecule has 2 aromatic rings. The number of hydrogen-bond donors (Lipinski definition) is 2. The number of halogens is 1. The molecule has 3 fully saturated rings. The van der Waals surface area contributed by atoms with Crippen LogP contribution in [0.25, 0.3) is 0 Å². The summed E-state index contributed by atoms with van der Waals surface area (Å²) in [5.41, 5.74) is 0.226. The van der Waals surface area contributed by atoms with Crippen LogP contribution in [0.1, 0.15) is 81.5 Å². The van der Waals surface area contributed by atoms with Gasteiger partial charge in [-0.15, -0.1) is 0 Å². The standard InChI is InChI=1S/C35H39FN4O7/c1-33(2,3)46-31(44)38-34(14-15-34)29(42)37-25-9-10-26-22(17-25)12-13-35(26)30(43)40(32(45)47-35)19-28(41)39-18-23-6-8-24(36)16-21(23)7-11-27(39)20-4-5-20/h6,8-10,16-17,20,27H,4-5,7,11-15,18-19H2,1-3H3,(H,37,42)(H,38,44)/t27-,35?/m0/s1. The molecule has 1 spiro atoms. The van der Waals surface area contributed by atoms with Crippen molar-refractivity contribution in [2.75, 3.05) is 11.9 Å². The second kappa shape index (κ2) is 11.1. The summed E-state index contributed by atoms with van der Waals surface area (Å²) in [5, 5.41) is 5.55. The SMILES string of the molecule is CC(C)(C)OC(=O)NC1(C(=O)Nc2ccc3c(c2)CCC32OC(=O)N(CC(=O)N3Cc4ccc(F)cc4CC[C@H]3C3CC3)C2=O)CC1. The van der Waals surface area contributed by atoms with Gasteiger partial charge in [0.15, 0.2) is 0 Å². The monoisotopic (exact) mass is 646 g/mol. The second-order valence-corrected chi connectivity index (χ2v) is 14.5. The van der Waals surface area contributed by atoms with E-state index in [1.165, 1.54) is 12.1 Å². The summed E-state index contributed by atoms with van der Waals surface area (Å²) in [5.74, 6) is -1.24. The zero-order valence-electron chi connectivity index (χ0n) is 26.8. The van der Waals surface area contributed by atoms with Crippen molar-refractivity contribution in [3.63, 3.8) is 0 Å². The van der Waals surface area contributed by atoms with Gasteiger partial charge in [0, 0.05) is 30.3 Å². The molecule has 5 aliphatic rings. The number of anilines is 1. The number of nitrogens with zero attached hydrogens (tertiary/aromatic N) is 2. The molecule has 3 aliphatic carbocycles. The van der Waals surface area contributed by atoms with Crippen molar-refractivity contribution >= 4 is 35.6 Å². The fourth-order valence-corrected chi connectivity index (χ4v) is 7.23. The maximum Gasteiger partial charge on any atom is 0.418 e. The van der Waals surface area contributed by atoms with Crippen LogP contribution in [-0.4, -0.2) is 63.4 Å². The van der Waals surface area contributed by atoms with Gasteiger partial charge in [0.2, 0.25) is 17.4 Å². The van der Waals surface area contributed by atoms with Gasteiger partial charge in [0.25, 0.3) is 5.91 Å². The van der Waals surface area contributed by atoms with Crippen LogP contribution in [0.3, 0.4) is 0 Å². The molecule has 47 heavy (non-hydrogen) atoms. The molecular formula is C35H39FN4O7. The molecule has 12 heteroatoms. The number of hydrogen-bond acceptors (Lipinski definition) is 7. The van der Waals surface area contributed by atoms with E-state index in [9.17, 15) is 28.4 Å². The number of nitrogens with one attached hydrogen (secondary N) is 2. The number of aryl methyl sites for hydroxylation is 2. The lowest BCUT2D eigenvalue weighted by Crippen LogP contribution is -2.48. The van der Waals surface area contributed by atoms with E-state index in [-0.39, 0.29) is 30.1 Å². The Hall–Kier alpha value is -4.48. The molecule has 11 nitrogen and oxygen atoms in total. The highest BCUT2D eigenvalue weighted by molar-refractivity contribution is 6.07. The van der Waals surface area contributed by atoms with E-state index in [0.717, 1.165) is 34.4 Å². The summed E-state index contributed by atoms with van der Waals surface area (Å²) in [7, 11) is 0. The van der Waals surface area contributed by atoms with Gasteiger partial charge in [-0.3, -0.25) is 14.4 Å². The van der Waals surface area contributed by atoms with Crippen molar-refractivity contribution in [1.82, 2.24) is 15.1 Å². The maximum atomic E-state index is 14.0. The molecule has 1 saturated heterocycles. The van der Waals surface area contributed by atoms with Crippen LogP contribution in [-0.2, 0) is 48.8 Å². The summed E-state index contributed by atoms with van der Waals surface area (Å²) in [6.07, 6.45) is 3.44. The van der Waals surface area contributed by atoms with Gasteiger partial charge in [0.05, 0.1) is 0 Å². The highest BCUT2D eigenvalue weighted by Crippen LogP contribution is 2.47. The Morgan fingerprint density at radius 2 is 1.74 bits per heavy atom. The van der Waals surface area contributed by atoms with Crippen molar-refractivity contribution in [3.8, 4) is 0 Å². The average molecular weight is 647 g/mol. The minimum Gasteiger partial charge on any atom is -0.444 e. The molecule has 0 bridgehead atoms. The molecule has 248 valence electrons. The molecule has 2 saturated carbocycles. The third-order valence-corrected chi connectivity index (χ3v) is 9.94. The van der Waals surface area contributed by atoms with Crippen LogP contribution in [0.4, 0.5) is 19.7 Å². The van der Waals surface area contributed by atoms with Crippen molar-refractivity contribution in [2.24, 2.45) is 5.92 Å². The molecule has 7 rings (SSSR count).